The molecule has 2 amide bonds. The standard InChI is InChI=1S/C22H21N3O5S/c1-23-21(27)19(26)13-3-5-14(6-4-13)30-17-7-9-24-16-11-18(31-20(16)17)22(28)25-10-8-15(12-25)29-2/h3-7,9,11,15H,8,10,12H2,1-2H3,(H,23,27)/t15-/m1/s1. The first-order valence-corrected chi connectivity index (χ1v) is 10.6. The average Bonchev–Trinajstić information content (AvgIpc) is 3.46. The molecule has 1 fully saturated rings. The molecule has 3 heterocycles. The second kappa shape index (κ2) is 8.83. The topological polar surface area (TPSA) is 97.8 Å². The van der Waals surface area contributed by atoms with Crippen LogP contribution in [-0.4, -0.2) is 60.8 Å². The number of amides is 2. The number of Topliss-reactive ketones (excluding diaryl/α,β-unsaturated/α-hetero) is 1. The summed E-state index contributed by atoms with van der Waals surface area (Å²) in [6.45, 7) is 1.25. The zero-order chi connectivity index (χ0) is 22.0. The average molecular weight is 439 g/mol. The van der Waals surface area contributed by atoms with E-state index in [0.717, 1.165) is 11.1 Å². The fourth-order valence-corrected chi connectivity index (χ4v) is 4.44. The number of fused-ring (bicyclic) bond motifs is 1. The maximum absolute atomic E-state index is 12.9. The molecule has 160 valence electrons. The van der Waals surface area contributed by atoms with E-state index in [4.69, 9.17) is 9.47 Å². The van der Waals surface area contributed by atoms with Crippen LogP contribution in [0.25, 0.3) is 10.2 Å². The molecule has 0 saturated carbocycles. The predicted molar refractivity (Wildman–Crippen MR) is 116 cm³/mol. The molecule has 8 nitrogen and oxygen atoms in total. The molecular formula is C22H21N3O5S. The fourth-order valence-electron chi connectivity index (χ4n) is 3.41. The van der Waals surface area contributed by atoms with Gasteiger partial charge in [-0.25, -0.2) is 0 Å². The van der Waals surface area contributed by atoms with Crippen LogP contribution in [0.1, 0.15) is 26.5 Å². The Balaban J connectivity index is 1.54. The van der Waals surface area contributed by atoms with Gasteiger partial charge in [-0.3, -0.25) is 19.4 Å². The fraction of sp³-hybridized carbons (Fsp3) is 0.273. The molecule has 0 unspecified atom stereocenters. The second-order valence-electron chi connectivity index (χ2n) is 7.07. The van der Waals surface area contributed by atoms with Gasteiger partial charge in [-0.05, 0) is 36.8 Å². The van der Waals surface area contributed by atoms with Crippen LogP contribution in [-0.2, 0) is 9.53 Å². The van der Waals surface area contributed by atoms with Gasteiger partial charge in [0, 0.05) is 45.1 Å². The zero-order valence-corrected chi connectivity index (χ0v) is 17.9. The van der Waals surface area contributed by atoms with Gasteiger partial charge in [0.15, 0.2) is 0 Å². The van der Waals surface area contributed by atoms with E-state index in [1.165, 1.54) is 30.5 Å². The molecule has 0 bridgehead atoms. The van der Waals surface area contributed by atoms with Crippen molar-refractivity contribution < 1.29 is 23.9 Å². The number of nitrogens with one attached hydrogen (secondary N) is 1. The van der Waals surface area contributed by atoms with Crippen LogP contribution in [0, 0.1) is 0 Å². The van der Waals surface area contributed by atoms with Crippen molar-refractivity contribution in [2.24, 2.45) is 0 Å². The van der Waals surface area contributed by atoms with E-state index in [0.29, 0.717) is 35.0 Å². The van der Waals surface area contributed by atoms with Crippen LogP contribution < -0.4 is 10.1 Å². The van der Waals surface area contributed by atoms with Gasteiger partial charge in [0.05, 0.1) is 21.2 Å². The van der Waals surface area contributed by atoms with Crippen molar-refractivity contribution in [1.29, 1.82) is 0 Å². The van der Waals surface area contributed by atoms with Gasteiger partial charge in [-0.15, -0.1) is 11.3 Å². The number of hydrogen-bond donors (Lipinski definition) is 1. The highest BCUT2D eigenvalue weighted by atomic mass is 32.1. The van der Waals surface area contributed by atoms with Crippen molar-refractivity contribution in [3.8, 4) is 11.5 Å². The van der Waals surface area contributed by atoms with Gasteiger partial charge >= 0.3 is 0 Å². The van der Waals surface area contributed by atoms with Crippen LogP contribution in [0.2, 0.25) is 0 Å². The molecule has 4 rings (SSSR count). The van der Waals surface area contributed by atoms with E-state index in [9.17, 15) is 14.4 Å². The normalized spacial score (nSPS) is 15.8. The maximum atomic E-state index is 12.9. The van der Waals surface area contributed by atoms with Crippen LogP contribution in [0.15, 0.2) is 42.6 Å². The molecular weight excluding hydrogens is 418 g/mol. The highest BCUT2D eigenvalue weighted by Crippen LogP contribution is 2.35. The van der Waals surface area contributed by atoms with E-state index in [1.54, 1.807) is 42.5 Å². The monoisotopic (exact) mass is 439 g/mol. The number of likely N-dealkylation sites (N-methyl/N-ethyl adjacent to an activating group) is 1. The minimum atomic E-state index is -0.671. The van der Waals surface area contributed by atoms with Crippen LogP contribution in [0.5, 0.6) is 11.5 Å². The summed E-state index contributed by atoms with van der Waals surface area (Å²) in [5.41, 5.74) is 0.954. The number of ether oxygens (including phenoxy) is 2. The van der Waals surface area contributed by atoms with Gasteiger partial charge in [-0.2, -0.15) is 0 Å². The van der Waals surface area contributed by atoms with Crippen LogP contribution >= 0.6 is 11.3 Å². The van der Waals surface area contributed by atoms with E-state index in [2.05, 4.69) is 10.3 Å². The van der Waals surface area contributed by atoms with Crippen molar-refractivity contribution in [2.45, 2.75) is 12.5 Å². The first-order chi connectivity index (χ1) is 15.0. The summed E-state index contributed by atoms with van der Waals surface area (Å²) in [4.78, 5) is 43.0. The lowest BCUT2D eigenvalue weighted by molar-refractivity contribution is -0.116. The molecule has 1 aliphatic heterocycles. The van der Waals surface area contributed by atoms with Gasteiger partial charge in [0.25, 0.3) is 11.8 Å². The summed E-state index contributed by atoms with van der Waals surface area (Å²) in [6.07, 6.45) is 2.53. The summed E-state index contributed by atoms with van der Waals surface area (Å²) in [5, 5.41) is 2.31. The Hall–Kier alpha value is -3.30. The lowest BCUT2D eigenvalue weighted by Gasteiger charge is -2.14. The molecule has 9 heteroatoms. The largest absolute Gasteiger partial charge is 0.456 e. The number of nitrogens with zero attached hydrogens (tertiary/aromatic N) is 2. The predicted octanol–water partition coefficient (Wildman–Crippen LogP) is 2.88. The molecule has 3 aromatic rings. The van der Waals surface area contributed by atoms with Gasteiger partial charge in [0.2, 0.25) is 5.78 Å². The van der Waals surface area contributed by atoms with Crippen molar-refractivity contribution >= 4 is 39.2 Å². The Bertz CT molecular complexity index is 1140. The van der Waals surface area contributed by atoms with Gasteiger partial charge in [0.1, 0.15) is 11.5 Å². The van der Waals surface area contributed by atoms with E-state index < -0.39 is 11.7 Å². The Morgan fingerprint density at radius 2 is 1.97 bits per heavy atom. The Morgan fingerprint density at radius 1 is 1.19 bits per heavy atom. The van der Waals surface area contributed by atoms with Crippen LogP contribution in [0.4, 0.5) is 0 Å². The number of thiophene rings is 1. The first kappa shape index (κ1) is 21.0. The number of carbonyl (C=O) groups excluding carboxylic acids is 3. The molecule has 1 saturated heterocycles. The van der Waals surface area contributed by atoms with Crippen molar-refractivity contribution in [1.82, 2.24) is 15.2 Å². The zero-order valence-electron chi connectivity index (χ0n) is 17.1. The van der Waals surface area contributed by atoms with E-state index >= 15 is 0 Å². The smallest absolute Gasteiger partial charge is 0.292 e. The minimum absolute atomic E-state index is 0.0365. The number of ketones is 1. The highest BCUT2D eigenvalue weighted by molar-refractivity contribution is 7.21. The third kappa shape index (κ3) is 4.28. The number of aromatic nitrogens is 1. The molecule has 0 spiro atoms. The number of pyridine rings is 1. The molecule has 1 atom stereocenters. The number of likely N-dealkylation sites (tertiary alicyclic amines) is 1. The number of benzene rings is 1. The third-order valence-corrected chi connectivity index (χ3v) is 6.26. The highest BCUT2D eigenvalue weighted by Gasteiger charge is 2.28. The lowest BCUT2D eigenvalue weighted by Crippen LogP contribution is -2.29. The summed E-state index contributed by atoms with van der Waals surface area (Å²) < 4.78 is 12.1. The molecule has 1 aromatic carbocycles. The molecule has 2 aromatic heterocycles. The summed E-state index contributed by atoms with van der Waals surface area (Å²) in [7, 11) is 3.07. The number of methoxy groups -OCH3 is 1. The third-order valence-electron chi connectivity index (χ3n) is 5.13. The van der Waals surface area contributed by atoms with Gasteiger partial charge < -0.3 is 19.7 Å². The molecule has 1 N–H and O–H groups in total. The maximum Gasteiger partial charge on any atom is 0.292 e. The number of rotatable bonds is 6. The molecule has 0 aliphatic carbocycles. The molecule has 1 aliphatic rings. The summed E-state index contributed by atoms with van der Waals surface area (Å²) in [5.74, 6) is -0.250. The van der Waals surface area contributed by atoms with E-state index in [1.807, 2.05) is 0 Å². The Kier molecular flexibility index (Phi) is 5.97. The first-order valence-electron chi connectivity index (χ1n) is 9.75. The quantitative estimate of drug-likeness (QED) is 0.469. The van der Waals surface area contributed by atoms with Crippen LogP contribution in [0.3, 0.4) is 0 Å². The Morgan fingerprint density at radius 3 is 2.65 bits per heavy atom. The molecule has 31 heavy (non-hydrogen) atoms. The second-order valence-corrected chi connectivity index (χ2v) is 8.12. The lowest BCUT2D eigenvalue weighted by atomic mass is 10.1. The Labute approximate surface area is 182 Å². The van der Waals surface area contributed by atoms with Gasteiger partial charge in [-0.1, -0.05) is 0 Å². The number of hydrogen-bond acceptors (Lipinski definition) is 7. The number of carbonyl (C=O) groups is 3. The van der Waals surface area contributed by atoms with Crippen molar-refractivity contribution in [3.05, 3.63) is 53.0 Å². The van der Waals surface area contributed by atoms with E-state index in [-0.39, 0.29) is 17.6 Å². The SMILES string of the molecule is CNC(=O)C(=O)c1ccc(Oc2ccnc3cc(C(=O)N4CC[C@@H](OC)C4)sc23)cc1. The molecule has 0 radical (unpaired) electrons. The van der Waals surface area contributed by atoms with Crippen molar-refractivity contribution in [2.75, 3.05) is 27.2 Å². The minimum Gasteiger partial charge on any atom is -0.456 e. The summed E-state index contributed by atoms with van der Waals surface area (Å²) >= 11 is 1.34. The summed E-state index contributed by atoms with van der Waals surface area (Å²) in [6, 6.07) is 9.82. The van der Waals surface area contributed by atoms with Crippen molar-refractivity contribution in [3.63, 3.8) is 0 Å².